The second-order valence-electron chi connectivity index (χ2n) is 4.33. The molecular weight excluding hydrogens is 282 g/mol. The van der Waals surface area contributed by atoms with Crippen LogP contribution in [-0.4, -0.2) is 14.9 Å². The van der Waals surface area contributed by atoms with Gasteiger partial charge in [0.15, 0.2) is 0 Å². The first-order valence-corrected chi connectivity index (χ1v) is 6.19. The van der Waals surface area contributed by atoms with Gasteiger partial charge in [0.05, 0.1) is 4.92 Å². The van der Waals surface area contributed by atoms with Crippen LogP contribution in [0, 0.1) is 30.9 Å². The van der Waals surface area contributed by atoms with Crippen molar-refractivity contribution < 1.29 is 9.66 Å². The zero-order valence-corrected chi connectivity index (χ0v) is 11.9. The molecule has 1 heterocycles. The summed E-state index contributed by atoms with van der Waals surface area (Å²) in [7, 11) is 0. The molecule has 0 bridgehead atoms. The molecule has 2 aromatic rings. The van der Waals surface area contributed by atoms with E-state index in [1.165, 1.54) is 0 Å². The lowest BCUT2D eigenvalue weighted by Crippen LogP contribution is -2.00. The Morgan fingerprint density at radius 1 is 1.20 bits per heavy atom. The van der Waals surface area contributed by atoms with Gasteiger partial charge in [-0.15, -0.1) is 0 Å². The first-order valence-electron chi connectivity index (χ1n) is 5.81. The smallest absolute Gasteiger partial charge is 0.368 e. The molecule has 1 aromatic heterocycles. The molecule has 104 valence electrons. The summed E-state index contributed by atoms with van der Waals surface area (Å²) in [5, 5.41) is 10.8. The van der Waals surface area contributed by atoms with Gasteiger partial charge < -0.3 is 4.74 Å². The predicted octanol–water partition coefficient (Wildman–Crippen LogP) is 3.76. The van der Waals surface area contributed by atoms with Crippen LogP contribution in [0.3, 0.4) is 0 Å². The van der Waals surface area contributed by atoms with E-state index in [0.717, 1.165) is 23.0 Å². The van der Waals surface area contributed by atoms with Gasteiger partial charge >= 0.3 is 11.6 Å². The van der Waals surface area contributed by atoms with Gasteiger partial charge in [-0.3, -0.25) is 10.1 Å². The van der Waals surface area contributed by atoms with Gasteiger partial charge in [-0.1, -0.05) is 23.7 Å². The van der Waals surface area contributed by atoms with Crippen molar-refractivity contribution in [3.05, 3.63) is 50.4 Å². The minimum Gasteiger partial charge on any atom is -0.433 e. The highest BCUT2D eigenvalue weighted by atomic mass is 35.5. The molecule has 0 N–H and O–H groups in total. The Kier molecular flexibility index (Phi) is 3.85. The van der Waals surface area contributed by atoms with Crippen molar-refractivity contribution in [2.24, 2.45) is 0 Å². The van der Waals surface area contributed by atoms with Crippen LogP contribution < -0.4 is 4.74 Å². The maximum absolute atomic E-state index is 11.0. The fourth-order valence-corrected chi connectivity index (χ4v) is 1.94. The van der Waals surface area contributed by atoms with E-state index >= 15 is 0 Å². The minimum atomic E-state index is -0.655. The van der Waals surface area contributed by atoms with Crippen LogP contribution in [0.25, 0.3) is 0 Å². The van der Waals surface area contributed by atoms with Gasteiger partial charge in [0, 0.05) is 0 Å². The van der Waals surface area contributed by atoms with Crippen molar-refractivity contribution in [2.75, 3.05) is 0 Å². The molecule has 2 rings (SSSR count). The number of rotatable bonds is 3. The van der Waals surface area contributed by atoms with Gasteiger partial charge in [0.2, 0.25) is 5.15 Å². The van der Waals surface area contributed by atoms with Gasteiger partial charge in [-0.05, 0) is 37.5 Å². The molecule has 0 saturated heterocycles. The summed E-state index contributed by atoms with van der Waals surface area (Å²) in [6.07, 6.45) is 1.13. The van der Waals surface area contributed by atoms with Crippen LogP contribution in [0.1, 0.15) is 16.7 Å². The highest BCUT2D eigenvalue weighted by Crippen LogP contribution is 2.36. The largest absolute Gasteiger partial charge is 0.433 e. The van der Waals surface area contributed by atoms with Gasteiger partial charge in [0.1, 0.15) is 12.1 Å². The highest BCUT2D eigenvalue weighted by Gasteiger charge is 2.24. The number of nitrogens with zero attached hydrogens (tertiary/aromatic N) is 3. The Labute approximate surface area is 120 Å². The molecule has 0 fully saturated rings. The summed E-state index contributed by atoms with van der Waals surface area (Å²) < 4.78 is 5.62. The topological polar surface area (TPSA) is 78.2 Å². The summed E-state index contributed by atoms with van der Waals surface area (Å²) in [5.41, 5.74) is 2.34. The standard InChI is InChI=1S/C13H12ClN3O3/c1-7-4-5-8(2)11(9(7)3)20-13-10(17(18)19)12(14)15-6-16-13/h4-6H,1-3H3. The molecule has 7 heteroatoms. The number of hydrogen-bond donors (Lipinski definition) is 0. The van der Waals surface area contributed by atoms with E-state index in [1.807, 2.05) is 32.9 Å². The van der Waals surface area contributed by atoms with Gasteiger partial charge in [-0.2, -0.15) is 4.98 Å². The van der Waals surface area contributed by atoms with E-state index in [2.05, 4.69) is 9.97 Å². The molecule has 0 unspecified atom stereocenters. The molecule has 0 aliphatic rings. The Balaban J connectivity index is 2.54. The Morgan fingerprint density at radius 2 is 1.85 bits per heavy atom. The van der Waals surface area contributed by atoms with E-state index in [-0.39, 0.29) is 11.0 Å². The Bertz CT molecular complexity index is 689. The monoisotopic (exact) mass is 293 g/mol. The van der Waals surface area contributed by atoms with Crippen molar-refractivity contribution in [2.45, 2.75) is 20.8 Å². The zero-order chi connectivity index (χ0) is 14.9. The van der Waals surface area contributed by atoms with E-state index in [1.54, 1.807) is 0 Å². The van der Waals surface area contributed by atoms with E-state index in [9.17, 15) is 10.1 Å². The lowest BCUT2D eigenvalue weighted by atomic mass is 10.1. The molecule has 0 radical (unpaired) electrons. The van der Waals surface area contributed by atoms with E-state index in [4.69, 9.17) is 16.3 Å². The molecule has 0 amide bonds. The molecule has 0 aliphatic heterocycles. The molecule has 0 atom stereocenters. The third-order valence-corrected chi connectivity index (χ3v) is 3.28. The molecule has 6 nitrogen and oxygen atoms in total. The molecule has 0 saturated carbocycles. The predicted molar refractivity (Wildman–Crippen MR) is 74.4 cm³/mol. The Morgan fingerprint density at radius 3 is 2.50 bits per heavy atom. The van der Waals surface area contributed by atoms with Crippen molar-refractivity contribution in [3.63, 3.8) is 0 Å². The molecule has 0 aliphatic carbocycles. The lowest BCUT2D eigenvalue weighted by Gasteiger charge is -2.12. The quantitative estimate of drug-likeness (QED) is 0.489. The van der Waals surface area contributed by atoms with Gasteiger partial charge in [-0.25, -0.2) is 4.98 Å². The number of benzene rings is 1. The second kappa shape index (κ2) is 5.42. The average molecular weight is 294 g/mol. The van der Waals surface area contributed by atoms with Crippen LogP contribution in [0.2, 0.25) is 5.15 Å². The van der Waals surface area contributed by atoms with Crippen LogP contribution in [0.5, 0.6) is 11.6 Å². The summed E-state index contributed by atoms with van der Waals surface area (Å²) in [6.45, 7) is 5.67. The third kappa shape index (κ3) is 2.55. The van der Waals surface area contributed by atoms with Crippen LogP contribution >= 0.6 is 11.6 Å². The van der Waals surface area contributed by atoms with Gasteiger partial charge in [0.25, 0.3) is 0 Å². The highest BCUT2D eigenvalue weighted by molar-refractivity contribution is 6.31. The maximum atomic E-state index is 11.0. The average Bonchev–Trinajstić information content (AvgIpc) is 2.39. The number of aromatic nitrogens is 2. The van der Waals surface area contributed by atoms with Crippen molar-refractivity contribution in [1.29, 1.82) is 0 Å². The maximum Gasteiger partial charge on any atom is 0.368 e. The van der Waals surface area contributed by atoms with Crippen LogP contribution in [-0.2, 0) is 0 Å². The van der Waals surface area contributed by atoms with Crippen LogP contribution in [0.4, 0.5) is 5.69 Å². The summed E-state index contributed by atoms with van der Waals surface area (Å²) in [4.78, 5) is 17.8. The van der Waals surface area contributed by atoms with Crippen LogP contribution in [0.15, 0.2) is 18.5 Å². The third-order valence-electron chi connectivity index (χ3n) is 3.00. The summed E-state index contributed by atoms with van der Waals surface area (Å²) in [5.74, 6) is 0.384. The Hall–Kier alpha value is -2.21. The fraction of sp³-hybridized carbons (Fsp3) is 0.231. The first-order chi connectivity index (χ1) is 9.41. The lowest BCUT2D eigenvalue weighted by molar-refractivity contribution is -0.386. The molecule has 0 spiro atoms. The summed E-state index contributed by atoms with van der Waals surface area (Å²) >= 11 is 5.73. The van der Waals surface area contributed by atoms with E-state index in [0.29, 0.717) is 5.75 Å². The second-order valence-corrected chi connectivity index (χ2v) is 4.69. The number of ether oxygens (including phenoxy) is 1. The SMILES string of the molecule is Cc1ccc(C)c(Oc2ncnc(Cl)c2[N+](=O)[O-])c1C. The zero-order valence-electron chi connectivity index (χ0n) is 11.2. The molecule has 20 heavy (non-hydrogen) atoms. The molecule has 1 aromatic carbocycles. The minimum absolute atomic E-state index is 0.160. The fourth-order valence-electron chi connectivity index (χ4n) is 1.75. The first kappa shape index (κ1) is 14.2. The normalized spacial score (nSPS) is 10.4. The molecular formula is C13H12ClN3O3. The van der Waals surface area contributed by atoms with Crippen molar-refractivity contribution >= 4 is 17.3 Å². The van der Waals surface area contributed by atoms with Crippen molar-refractivity contribution in [3.8, 4) is 11.6 Å². The van der Waals surface area contributed by atoms with Crippen molar-refractivity contribution in [1.82, 2.24) is 9.97 Å². The summed E-state index contributed by atoms with van der Waals surface area (Å²) in [6, 6.07) is 3.84. The van der Waals surface area contributed by atoms with E-state index < -0.39 is 10.6 Å². The number of aryl methyl sites for hydroxylation is 2. The number of hydrogen-bond acceptors (Lipinski definition) is 5. The number of nitro groups is 1. The number of halogens is 1.